The number of carbonyl (C=O) groups excluding carboxylic acids is 10. The molecule has 0 saturated heterocycles. The zero-order valence-corrected chi connectivity index (χ0v) is 56.6. The smallest absolute Gasteiger partial charge is 0.252 e. The van der Waals surface area contributed by atoms with Crippen LogP contribution in [-0.4, -0.2) is 116 Å². The highest BCUT2D eigenvalue weighted by molar-refractivity contribution is 6.71. The highest BCUT2D eigenvalue weighted by Gasteiger charge is 2.17. The molecule has 29 heteroatoms. The Labute approximate surface area is 572 Å². The molecule has 484 valence electrons. The summed E-state index contributed by atoms with van der Waals surface area (Å²) in [5.74, 6) is 4.70. The molecule has 91 heavy (non-hydrogen) atoms. The fraction of sp³-hybridized carbons (Fsp3) is 0.161. The molecule has 7 aromatic carbocycles. The molecule has 0 bridgehead atoms. The lowest BCUT2D eigenvalue weighted by Crippen LogP contribution is -2.00. The Morgan fingerprint density at radius 1 is 0.253 bits per heavy atom. The van der Waals surface area contributed by atoms with E-state index in [1.165, 1.54) is 111 Å². The van der Waals surface area contributed by atoms with E-state index in [1.807, 2.05) is 6.92 Å². The molecule has 0 heterocycles. The number of halogens is 10. The van der Waals surface area contributed by atoms with Crippen LogP contribution in [0.1, 0.15) is 111 Å². The zero-order chi connectivity index (χ0) is 69.1. The van der Waals surface area contributed by atoms with E-state index in [2.05, 4.69) is 0 Å². The second kappa shape index (κ2) is 43.2. The van der Waals surface area contributed by atoms with Gasteiger partial charge in [-0.25, -0.2) is 0 Å². The third kappa shape index (κ3) is 29.4. The SMILES string of the molecule is CCOc1cccc(C(=O)Cl)c1.COc1cc(C(=O)Cl)cc(OC)c1OC.COc1cc(OC)cc(C(=O)Cl)c1.COc1ccc(C(=O)Cl)cc1OC.COc1cccc(C(=O)Cl)c1.O=C(Cl)c1cc(C(=O)Cl)cc(C(=O)Cl)c1.O=C(Cl)c1cccc(C(=O)Cl)c1. The van der Waals surface area contributed by atoms with Gasteiger partial charge in [0, 0.05) is 61.7 Å². The summed E-state index contributed by atoms with van der Waals surface area (Å²) in [6.45, 7) is 2.47. The Hall–Kier alpha value is -7.66. The Balaban J connectivity index is 0.000000532. The summed E-state index contributed by atoms with van der Waals surface area (Å²) >= 11 is 52.5. The maximum atomic E-state index is 11.0. The quantitative estimate of drug-likeness (QED) is 0.0643. The molecule has 0 atom stereocenters. The van der Waals surface area contributed by atoms with Crippen molar-refractivity contribution in [2.24, 2.45) is 0 Å². The third-order valence-electron chi connectivity index (χ3n) is 10.7. The van der Waals surface area contributed by atoms with E-state index in [1.54, 1.807) is 84.9 Å². The minimum Gasteiger partial charge on any atom is -0.497 e. The van der Waals surface area contributed by atoms with Crippen molar-refractivity contribution < 1.29 is 90.6 Å². The van der Waals surface area contributed by atoms with Crippen molar-refractivity contribution in [2.45, 2.75) is 6.92 Å². The van der Waals surface area contributed by atoms with Crippen LogP contribution >= 0.6 is 116 Å². The first-order chi connectivity index (χ1) is 43.0. The van der Waals surface area contributed by atoms with Crippen molar-refractivity contribution in [1.29, 1.82) is 0 Å². The van der Waals surface area contributed by atoms with E-state index in [-0.39, 0.29) is 27.8 Å². The number of hydrogen-bond acceptors (Lipinski definition) is 19. The molecule has 0 aliphatic carbocycles. The van der Waals surface area contributed by atoms with Gasteiger partial charge in [0.25, 0.3) is 52.4 Å². The minimum atomic E-state index is -0.797. The van der Waals surface area contributed by atoms with Crippen LogP contribution in [0.3, 0.4) is 0 Å². The number of hydrogen-bond donors (Lipinski definition) is 0. The van der Waals surface area contributed by atoms with Gasteiger partial charge in [0.2, 0.25) is 5.75 Å². The summed E-state index contributed by atoms with van der Waals surface area (Å²) in [5.41, 5.74) is 2.47. The number of ether oxygens (including phenoxy) is 9. The molecule has 0 radical (unpaired) electrons. The number of carbonyl (C=O) groups is 10. The van der Waals surface area contributed by atoms with Crippen LogP contribution in [0.2, 0.25) is 0 Å². The van der Waals surface area contributed by atoms with Crippen LogP contribution < -0.4 is 42.6 Å². The first kappa shape index (κ1) is 81.4. The second-order valence-electron chi connectivity index (χ2n) is 16.4. The van der Waals surface area contributed by atoms with Gasteiger partial charge in [-0.15, -0.1) is 0 Å². The van der Waals surface area contributed by atoms with Gasteiger partial charge in [0.1, 0.15) is 23.0 Å². The molecule has 0 saturated carbocycles. The lowest BCUT2D eigenvalue weighted by atomic mass is 10.1. The van der Waals surface area contributed by atoms with Crippen molar-refractivity contribution in [1.82, 2.24) is 0 Å². The molecule has 19 nitrogen and oxygen atoms in total. The van der Waals surface area contributed by atoms with Gasteiger partial charge in [-0.05, 0) is 226 Å². The Kier molecular flexibility index (Phi) is 38.6. The highest BCUT2D eigenvalue weighted by Crippen LogP contribution is 2.38. The molecule has 0 amide bonds. The van der Waals surface area contributed by atoms with Gasteiger partial charge in [-0.2, -0.15) is 0 Å². The molecule has 7 aromatic rings. The van der Waals surface area contributed by atoms with E-state index in [9.17, 15) is 47.9 Å². The molecule has 0 aliphatic rings. The second-order valence-corrected chi connectivity index (χ2v) is 19.8. The van der Waals surface area contributed by atoms with Crippen molar-refractivity contribution >= 4 is 168 Å². The lowest BCUT2D eigenvalue weighted by Gasteiger charge is -2.12. The number of rotatable bonds is 20. The minimum absolute atomic E-state index is 0.00725. The van der Waals surface area contributed by atoms with Crippen molar-refractivity contribution in [3.8, 4) is 51.7 Å². The van der Waals surface area contributed by atoms with E-state index in [0.29, 0.717) is 86.2 Å². The predicted molar refractivity (Wildman–Crippen MR) is 351 cm³/mol. The molecule has 7 rings (SSSR count). The average molecular weight is 1460 g/mol. The van der Waals surface area contributed by atoms with Crippen LogP contribution in [0.25, 0.3) is 0 Å². The molecule has 0 N–H and O–H groups in total. The van der Waals surface area contributed by atoms with E-state index >= 15 is 0 Å². The number of methoxy groups -OCH3 is 8. The fourth-order valence-electron chi connectivity index (χ4n) is 6.43. The monoisotopic (exact) mass is 1450 g/mol. The van der Waals surface area contributed by atoms with Crippen LogP contribution in [0.4, 0.5) is 0 Å². The molecule has 0 spiro atoms. The summed E-state index contributed by atoms with van der Waals surface area (Å²) in [6.07, 6.45) is 0. The maximum Gasteiger partial charge on any atom is 0.252 e. The van der Waals surface area contributed by atoms with Crippen molar-refractivity contribution in [2.75, 3.05) is 63.5 Å². The van der Waals surface area contributed by atoms with Crippen molar-refractivity contribution in [3.05, 3.63) is 195 Å². The van der Waals surface area contributed by atoms with Gasteiger partial charge in [-0.3, -0.25) is 47.9 Å². The van der Waals surface area contributed by atoms with Gasteiger partial charge >= 0.3 is 0 Å². The van der Waals surface area contributed by atoms with Gasteiger partial charge in [0.15, 0.2) is 23.0 Å². The standard InChI is InChI=1S/C10H11ClO4.C9H3Cl3O3.2C9H9ClO3.C9H9ClO2.C8H4Cl2O2.C8H7ClO2/c1-13-7-4-6(10(11)12)5-8(14-2)9(7)15-3;10-7(13)4-1-5(8(11)14)3-6(2-4)9(12)15;1-12-7-3-6(9(10)11)4-8(5-7)13-2;1-12-7-4-3-6(9(10)11)5-8(7)13-2;1-2-12-8-5-3-4-7(6-8)9(10)11;9-7(11)5-2-1-3-6(4-5)8(10)12;1-11-7-4-2-3-6(5-7)8(9)10/h4-5H,1-3H3;1-3H;2*3-5H,1-2H3;3-6H,2H2,1H3;1-4H;2-5H,1H3. The van der Waals surface area contributed by atoms with E-state index in [4.69, 9.17) is 159 Å². The molecule has 0 fully saturated rings. The predicted octanol–water partition coefficient (Wildman–Crippen LogP) is 16.1. The normalized spacial score (nSPS) is 9.53. The summed E-state index contributed by atoms with van der Waals surface area (Å²) in [5, 5.41) is -6.14. The summed E-state index contributed by atoms with van der Waals surface area (Å²) < 4.78 is 45.2. The Morgan fingerprint density at radius 2 is 0.516 bits per heavy atom. The Morgan fingerprint density at radius 3 is 0.835 bits per heavy atom. The summed E-state index contributed by atoms with van der Waals surface area (Å²) in [6, 6.07) is 35.5. The number of benzene rings is 7. The molecule has 0 unspecified atom stereocenters. The van der Waals surface area contributed by atoms with Gasteiger partial charge in [-0.1, -0.05) is 30.3 Å². The van der Waals surface area contributed by atoms with E-state index in [0.717, 1.165) is 0 Å². The van der Waals surface area contributed by atoms with Gasteiger partial charge < -0.3 is 42.6 Å². The summed E-state index contributed by atoms with van der Waals surface area (Å²) in [4.78, 5) is 108. The van der Waals surface area contributed by atoms with Crippen LogP contribution in [-0.2, 0) is 0 Å². The molecule has 0 aromatic heterocycles. The summed E-state index contributed by atoms with van der Waals surface area (Å²) in [7, 11) is 12.0. The van der Waals surface area contributed by atoms with Crippen LogP contribution in [0.5, 0.6) is 51.7 Å². The first-order valence-corrected chi connectivity index (χ1v) is 28.6. The molecule has 0 aliphatic heterocycles. The fourth-order valence-corrected chi connectivity index (χ4v) is 7.56. The zero-order valence-electron chi connectivity index (χ0n) is 49.0. The highest BCUT2D eigenvalue weighted by atomic mass is 35.5. The third-order valence-corrected chi connectivity index (χ3v) is 12.9. The van der Waals surface area contributed by atoms with E-state index < -0.39 is 52.4 Å². The first-order valence-electron chi connectivity index (χ1n) is 24.9. The average Bonchev–Trinajstić information content (AvgIpc) is 1.74. The van der Waals surface area contributed by atoms with Gasteiger partial charge in [0.05, 0.1) is 63.5 Å². The van der Waals surface area contributed by atoms with Crippen molar-refractivity contribution in [3.63, 3.8) is 0 Å². The molecular formula is C62H52Cl10O19. The largest absolute Gasteiger partial charge is 0.497 e. The van der Waals surface area contributed by atoms with Crippen LogP contribution in [0.15, 0.2) is 140 Å². The maximum absolute atomic E-state index is 11.0. The topological polar surface area (TPSA) is 254 Å². The lowest BCUT2D eigenvalue weighted by molar-refractivity contribution is 0.106. The van der Waals surface area contributed by atoms with Crippen LogP contribution in [0, 0.1) is 0 Å². The Bertz CT molecular complexity index is 3540. The molecular weight excluding hydrogens is 1400 g/mol.